The smallest absolute Gasteiger partial charge is 0.309 e. The summed E-state index contributed by atoms with van der Waals surface area (Å²) in [5.74, 6) is -0.149. The van der Waals surface area contributed by atoms with Crippen molar-refractivity contribution in [1.29, 1.82) is 0 Å². The average molecular weight is 363 g/mol. The van der Waals surface area contributed by atoms with Gasteiger partial charge in [-0.05, 0) is 26.0 Å². The van der Waals surface area contributed by atoms with Crippen molar-refractivity contribution in [3.8, 4) is 5.75 Å². The predicted molar refractivity (Wildman–Crippen MR) is 91.1 cm³/mol. The number of aryl methyl sites for hydroxylation is 2. The van der Waals surface area contributed by atoms with Gasteiger partial charge in [-0.2, -0.15) is 5.10 Å². The molecule has 138 valence electrons. The molecule has 26 heavy (non-hydrogen) atoms. The molecule has 0 spiro atoms. The summed E-state index contributed by atoms with van der Waals surface area (Å²) in [5.41, 5.74) is -0.119. The lowest BCUT2D eigenvalue weighted by Gasteiger charge is -2.08. The first-order valence-electron chi connectivity index (χ1n) is 7.71. The Bertz CT molecular complexity index is 847. The molecule has 1 amide bonds. The fourth-order valence-corrected chi connectivity index (χ4v) is 2.25. The molecule has 0 aliphatic heterocycles. The highest BCUT2D eigenvalue weighted by Gasteiger charge is 2.19. The maximum Gasteiger partial charge on any atom is 0.309 e. The molecule has 0 unspecified atom stereocenters. The number of carbonyl (C=O) groups is 1. The van der Waals surface area contributed by atoms with E-state index < -0.39 is 15.8 Å². The molecule has 1 aromatic carbocycles. The third-order valence-electron chi connectivity index (χ3n) is 3.44. The number of nitrogens with zero attached hydrogens (tertiary/aromatic N) is 4. The second-order valence-electron chi connectivity index (χ2n) is 5.29. The van der Waals surface area contributed by atoms with Crippen molar-refractivity contribution in [3.05, 3.63) is 50.3 Å². The lowest BCUT2D eigenvalue weighted by atomic mass is 10.2. The minimum absolute atomic E-state index is 0.0473. The molecule has 0 atom stereocenters. The Morgan fingerprint density at radius 2 is 1.96 bits per heavy atom. The number of benzene rings is 1. The van der Waals surface area contributed by atoms with Gasteiger partial charge in [-0.25, -0.2) is 0 Å². The van der Waals surface area contributed by atoms with Crippen LogP contribution < -0.4 is 10.1 Å². The molecule has 0 bridgehead atoms. The van der Waals surface area contributed by atoms with Gasteiger partial charge in [0.05, 0.1) is 22.5 Å². The van der Waals surface area contributed by atoms with Crippen molar-refractivity contribution in [1.82, 2.24) is 9.78 Å². The van der Waals surface area contributed by atoms with Crippen molar-refractivity contribution in [2.75, 3.05) is 11.9 Å². The summed E-state index contributed by atoms with van der Waals surface area (Å²) >= 11 is 0. The van der Waals surface area contributed by atoms with Crippen LogP contribution in [0.25, 0.3) is 0 Å². The molecule has 0 saturated carbocycles. The van der Waals surface area contributed by atoms with Crippen molar-refractivity contribution in [2.45, 2.75) is 26.8 Å². The summed E-state index contributed by atoms with van der Waals surface area (Å²) < 4.78 is 6.50. The van der Waals surface area contributed by atoms with E-state index in [4.69, 9.17) is 4.74 Å². The molecule has 11 nitrogen and oxygen atoms in total. The molecule has 1 N–H and O–H groups in total. The third kappa shape index (κ3) is 4.53. The van der Waals surface area contributed by atoms with Gasteiger partial charge < -0.3 is 10.1 Å². The summed E-state index contributed by atoms with van der Waals surface area (Å²) in [6.45, 7) is 3.71. The van der Waals surface area contributed by atoms with Gasteiger partial charge in [0.15, 0.2) is 0 Å². The standard InChI is InChI=1S/C15H17N5O6/c1-3-26-11-4-5-12(13(8-11)19(22)23)16-15(21)6-7-18-9-14(20(24)25)10(2)17-18/h4-5,8-9H,3,6-7H2,1-2H3,(H,16,21). The van der Waals surface area contributed by atoms with E-state index in [9.17, 15) is 25.0 Å². The molecule has 1 heterocycles. The first kappa shape index (κ1) is 18.8. The van der Waals surface area contributed by atoms with Crippen molar-refractivity contribution >= 4 is 23.0 Å². The lowest BCUT2D eigenvalue weighted by Crippen LogP contribution is -2.15. The first-order chi connectivity index (χ1) is 12.3. The van der Waals surface area contributed by atoms with Crippen LogP contribution in [0.2, 0.25) is 0 Å². The first-order valence-corrected chi connectivity index (χ1v) is 7.71. The van der Waals surface area contributed by atoms with Crippen LogP contribution in [0.4, 0.5) is 17.1 Å². The molecule has 0 aliphatic rings. The van der Waals surface area contributed by atoms with Gasteiger partial charge in [-0.3, -0.25) is 29.7 Å². The maximum atomic E-state index is 12.1. The van der Waals surface area contributed by atoms with Gasteiger partial charge in [-0.1, -0.05) is 0 Å². The highest BCUT2D eigenvalue weighted by molar-refractivity contribution is 5.93. The van der Waals surface area contributed by atoms with Crippen LogP contribution in [-0.2, 0) is 11.3 Å². The molecular weight excluding hydrogens is 346 g/mol. The van der Waals surface area contributed by atoms with Gasteiger partial charge in [0.2, 0.25) is 5.91 Å². The molecule has 0 radical (unpaired) electrons. The Labute approximate surface area is 147 Å². The fourth-order valence-electron chi connectivity index (χ4n) is 2.25. The summed E-state index contributed by atoms with van der Waals surface area (Å²) in [7, 11) is 0. The number of ether oxygens (including phenoxy) is 1. The van der Waals surface area contributed by atoms with E-state index in [1.807, 2.05) is 0 Å². The van der Waals surface area contributed by atoms with Gasteiger partial charge in [0, 0.05) is 13.0 Å². The average Bonchev–Trinajstić information content (AvgIpc) is 2.95. The number of nitro groups is 2. The number of rotatable bonds is 8. The Hall–Kier alpha value is -3.50. The summed E-state index contributed by atoms with van der Waals surface area (Å²) in [5, 5.41) is 28.4. The molecule has 0 fully saturated rings. The fraction of sp³-hybridized carbons (Fsp3) is 0.333. The number of hydrogen-bond acceptors (Lipinski definition) is 7. The van der Waals surface area contributed by atoms with Gasteiger partial charge >= 0.3 is 5.69 Å². The summed E-state index contributed by atoms with van der Waals surface area (Å²) in [6.07, 6.45) is 1.19. The van der Waals surface area contributed by atoms with Crippen LogP contribution in [-0.4, -0.2) is 32.1 Å². The quantitative estimate of drug-likeness (QED) is 0.560. The number of carbonyl (C=O) groups excluding carboxylic acids is 1. The van der Waals surface area contributed by atoms with E-state index >= 15 is 0 Å². The lowest BCUT2D eigenvalue weighted by molar-refractivity contribution is -0.385. The van der Waals surface area contributed by atoms with E-state index in [-0.39, 0.29) is 35.7 Å². The van der Waals surface area contributed by atoms with Crippen molar-refractivity contribution in [3.63, 3.8) is 0 Å². The van der Waals surface area contributed by atoms with Gasteiger partial charge in [0.1, 0.15) is 23.3 Å². The monoisotopic (exact) mass is 363 g/mol. The van der Waals surface area contributed by atoms with Crippen LogP contribution in [0.3, 0.4) is 0 Å². The number of aromatic nitrogens is 2. The Balaban J connectivity index is 2.04. The molecule has 0 saturated heterocycles. The Kier molecular flexibility index (Phi) is 5.83. The Morgan fingerprint density at radius 3 is 2.54 bits per heavy atom. The van der Waals surface area contributed by atoms with Crippen LogP contribution in [0, 0.1) is 27.2 Å². The molecule has 11 heteroatoms. The highest BCUT2D eigenvalue weighted by atomic mass is 16.6. The van der Waals surface area contributed by atoms with E-state index in [0.29, 0.717) is 12.4 Å². The second kappa shape index (κ2) is 8.05. The predicted octanol–water partition coefficient (Wildman–Crippen LogP) is 2.44. The SMILES string of the molecule is CCOc1ccc(NC(=O)CCn2cc([N+](=O)[O-])c(C)n2)c([N+](=O)[O-])c1. The number of anilines is 1. The minimum Gasteiger partial charge on any atom is -0.494 e. The Morgan fingerprint density at radius 1 is 1.27 bits per heavy atom. The number of nitrogens with one attached hydrogen (secondary N) is 1. The molecule has 2 rings (SSSR count). The molecule has 0 aliphatic carbocycles. The van der Waals surface area contributed by atoms with Crippen LogP contribution >= 0.6 is 0 Å². The van der Waals surface area contributed by atoms with E-state index in [0.717, 1.165) is 0 Å². The zero-order valence-electron chi connectivity index (χ0n) is 14.2. The second-order valence-corrected chi connectivity index (χ2v) is 5.29. The zero-order valence-corrected chi connectivity index (χ0v) is 14.2. The van der Waals surface area contributed by atoms with E-state index in [1.165, 1.54) is 36.0 Å². The minimum atomic E-state index is -0.613. The van der Waals surface area contributed by atoms with E-state index in [1.54, 1.807) is 6.92 Å². The van der Waals surface area contributed by atoms with Crippen molar-refractivity contribution in [2.24, 2.45) is 0 Å². The molecule has 2 aromatic rings. The van der Waals surface area contributed by atoms with Crippen LogP contribution in [0.1, 0.15) is 19.0 Å². The van der Waals surface area contributed by atoms with Crippen LogP contribution in [0.15, 0.2) is 24.4 Å². The molecular formula is C15H17N5O6. The van der Waals surface area contributed by atoms with Crippen LogP contribution in [0.5, 0.6) is 5.75 Å². The maximum absolute atomic E-state index is 12.1. The van der Waals surface area contributed by atoms with Crippen molar-refractivity contribution < 1.29 is 19.4 Å². The normalized spacial score (nSPS) is 10.4. The number of nitro benzene ring substituents is 1. The molecule has 1 aromatic heterocycles. The van der Waals surface area contributed by atoms with E-state index in [2.05, 4.69) is 10.4 Å². The summed E-state index contributed by atoms with van der Waals surface area (Å²) in [4.78, 5) is 32.8. The third-order valence-corrected chi connectivity index (χ3v) is 3.44. The largest absolute Gasteiger partial charge is 0.494 e. The van der Waals surface area contributed by atoms with Gasteiger partial charge in [0.25, 0.3) is 5.69 Å². The number of amides is 1. The summed E-state index contributed by atoms with van der Waals surface area (Å²) in [6, 6.07) is 4.15. The topological polar surface area (TPSA) is 142 Å². The zero-order chi connectivity index (χ0) is 19.3. The number of hydrogen-bond donors (Lipinski definition) is 1. The van der Waals surface area contributed by atoms with Gasteiger partial charge in [-0.15, -0.1) is 0 Å². The highest BCUT2D eigenvalue weighted by Crippen LogP contribution is 2.29.